The molecule has 0 radical (unpaired) electrons. The Labute approximate surface area is 182 Å². The highest BCUT2D eigenvalue weighted by Crippen LogP contribution is 2.19. The zero-order valence-electron chi connectivity index (χ0n) is 17.4. The first-order valence-electron chi connectivity index (χ1n) is 10.2. The molecular formula is C22H27ClN6O. The van der Waals surface area contributed by atoms with Crippen molar-refractivity contribution in [1.29, 1.82) is 0 Å². The maximum atomic E-state index is 5.83. The molecule has 0 saturated carbocycles. The molecule has 0 aliphatic rings. The van der Waals surface area contributed by atoms with Crippen LogP contribution in [-0.2, 0) is 19.4 Å². The van der Waals surface area contributed by atoms with E-state index in [-0.39, 0.29) is 0 Å². The number of guanidine groups is 1. The van der Waals surface area contributed by atoms with Crippen LogP contribution in [0.5, 0.6) is 0 Å². The molecule has 0 amide bonds. The van der Waals surface area contributed by atoms with E-state index in [0.29, 0.717) is 17.6 Å². The van der Waals surface area contributed by atoms with E-state index < -0.39 is 0 Å². The Morgan fingerprint density at radius 2 is 2.00 bits per heavy atom. The number of pyridine rings is 1. The van der Waals surface area contributed by atoms with Gasteiger partial charge >= 0.3 is 0 Å². The fourth-order valence-corrected chi connectivity index (χ4v) is 3.00. The number of rotatable bonds is 9. The summed E-state index contributed by atoms with van der Waals surface area (Å²) in [6, 6.07) is 11.8. The number of aryl methyl sites for hydroxylation is 1. The van der Waals surface area contributed by atoms with Crippen molar-refractivity contribution >= 4 is 17.6 Å². The van der Waals surface area contributed by atoms with Gasteiger partial charge in [-0.15, -0.1) is 0 Å². The molecule has 7 nitrogen and oxygen atoms in total. The van der Waals surface area contributed by atoms with Crippen molar-refractivity contribution in [2.45, 2.75) is 39.7 Å². The van der Waals surface area contributed by atoms with Gasteiger partial charge in [0.2, 0.25) is 0 Å². The Morgan fingerprint density at radius 1 is 1.10 bits per heavy atom. The van der Waals surface area contributed by atoms with Crippen LogP contribution >= 0.6 is 11.6 Å². The SMILES string of the molecule is CCCc1noc(-c2cccc(CN=C(NCC)NCCc3ccc(Cl)nc3)c2)n1. The van der Waals surface area contributed by atoms with E-state index in [9.17, 15) is 0 Å². The first kappa shape index (κ1) is 21.8. The molecule has 1 aromatic carbocycles. The maximum absolute atomic E-state index is 5.83. The molecule has 2 N–H and O–H groups in total. The van der Waals surface area contributed by atoms with Crippen LogP contribution in [-0.4, -0.2) is 34.2 Å². The largest absolute Gasteiger partial charge is 0.357 e. The summed E-state index contributed by atoms with van der Waals surface area (Å²) < 4.78 is 5.39. The van der Waals surface area contributed by atoms with Crippen molar-refractivity contribution in [3.8, 4) is 11.5 Å². The fourth-order valence-electron chi connectivity index (χ4n) is 2.89. The van der Waals surface area contributed by atoms with Crippen molar-refractivity contribution in [2.75, 3.05) is 13.1 Å². The Bertz CT molecular complexity index is 954. The van der Waals surface area contributed by atoms with E-state index in [4.69, 9.17) is 16.1 Å². The van der Waals surface area contributed by atoms with Gasteiger partial charge in [0.15, 0.2) is 11.8 Å². The van der Waals surface area contributed by atoms with E-state index in [1.54, 1.807) is 12.3 Å². The van der Waals surface area contributed by atoms with Crippen LogP contribution in [0.1, 0.15) is 37.2 Å². The lowest BCUT2D eigenvalue weighted by atomic mass is 10.1. The maximum Gasteiger partial charge on any atom is 0.257 e. The standard InChI is InChI=1S/C22H27ClN6O/c1-3-6-20-28-21(30-29-20)18-8-5-7-17(13-18)15-27-22(24-4-2)25-12-11-16-9-10-19(23)26-14-16/h5,7-10,13-14H,3-4,6,11-12,15H2,1-2H3,(H2,24,25,27). The predicted octanol–water partition coefficient (Wildman–Crippen LogP) is 4.04. The number of nitrogens with zero attached hydrogens (tertiary/aromatic N) is 4. The number of hydrogen-bond acceptors (Lipinski definition) is 5. The zero-order valence-corrected chi connectivity index (χ0v) is 18.1. The molecule has 0 fully saturated rings. The van der Waals surface area contributed by atoms with Crippen LogP contribution < -0.4 is 10.6 Å². The molecule has 0 aliphatic heterocycles. The van der Waals surface area contributed by atoms with Crippen molar-refractivity contribution in [2.24, 2.45) is 4.99 Å². The van der Waals surface area contributed by atoms with Gasteiger partial charge in [0.25, 0.3) is 5.89 Å². The summed E-state index contributed by atoms with van der Waals surface area (Å²) >= 11 is 5.83. The number of halogens is 1. The topological polar surface area (TPSA) is 88.2 Å². The van der Waals surface area contributed by atoms with Gasteiger partial charge in [-0.1, -0.05) is 41.9 Å². The van der Waals surface area contributed by atoms with Crippen LogP contribution in [0.25, 0.3) is 11.5 Å². The summed E-state index contributed by atoms with van der Waals surface area (Å²) in [7, 11) is 0. The van der Waals surface area contributed by atoms with Gasteiger partial charge < -0.3 is 15.2 Å². The van der Waals surface area contributed by atoms with Gasteiger partial charge in [0.05, 0.1) is 6.54 Å². The Hall–Kier alpha value is -2.93. The molecule has 158 valence electrons. The number of nitrogens with one attached hydrogen (secondary N) is 2. The van der Waals surface area contributed by atoms with Gasteiger partial charge in [0.1, 0.15) is 5.15 Å². The predicted molar refractivity (Wildman–Crippen MR) is 119 cm³/mol. The molecule has 8 heteroatoms. The van der Waals surface area contributed by atoms with Crippen molar-refractivity contribution < 1.29 is 4.52 Å². The molecule has 0 unspecified atom stereocenters. The van der Waals surface area contributed by atoms with E-state index >= 15 is 0 Å². The summed E-state index contributed by atoms with van der Waals surface area (Å²) in [6.07, 6.45) is 4.43. The summed E-state index contributed by atoms with van der Waals surface area (Å²) in [5.74, 6) is 2.06. The molecule has 0 aliphatic carbocycles. The van der Waals surface area contributed by atoms with Crippen LogP contribution in [0.2, 0.25) is 5.15 Å². The minimum Gasteiger partial charge on any atom is -0.357 e. The van der Waals surface area contributed by atoms with Gasteiger partial charge in [0, 0.05) is 31.3 Å². The lowest BCUT2D eigenvalue weighted by Crippen LogP contribution is -2.38. The number of aliphatic imine (C=N–C) groups is 1. The lowest BCUT2D eigenvalue weighted by Gasteiger charge is -2.11. The van der Waals surface area contributed by atoms with Gasteiger partial charge in [-0.25, -0.2) is 9.98 Å². The molecule has 2 aromatic heterocycles. The highest BCUT2D eigenvalue weighted by molar-refractivity contribution is 6.29. The van der Waals surface area contributed by atoms with Crippen molar-refractivity contribution in [1.82, 2.24) is 25.8 Å². The molecule has 0 atom stereocenters. The second-order valence-corrected chi connectivity index (χ2v) is 7.21. The molecule has 0 bridgehead atoms. The smallest absolute Gasteiger partial charge is 0.257 e. The Kier molecular flexibility index (Phi) is 8.20. The van der Waals surface area contributed by atoms with Crippen LogP contribution in [0, 0.1) is 0 Å². The average molecular weight is 427 g/mol. The Balaban J connectivity index is 1.60. The molecule has 3 rings (SSSR count). The Morgan fingerprint density at radius 3 is 2.77 bits per heavy atom. The second kappa shape index (κ2) is 11.3. The average Bonchev–Trinajstić information content (AvgIpc) is 3.23. The monoisotopic (exact) mass is 426 g/mol. The van der Waals surface area contributed by atoms with E-state index in [1.165, 1.54) is 0 Å². The quantitative estimate of drug-likeness (QED) is 0.305. The van der Waals surface area contributed by atoms with E-state index in [1.807, 2.05) is 37.3 Å². The lowest BCUT2D eigenvalue weighted by molar-refractivity contribution is 0.422. The van der Waals surface area contributed by atoms with E-state index in [2.05, 4.69) is 37.7 Å². The normalized spacial score (nSPS) is 11.5. The summed E-state index contributed by atoms with van der Waals surface area (Å²) in [5.41, 5.74) is 3.10. The number of aromatic nitrogens is 3. The number of hydrogen-bond donors (Lipinski definition) is 2. The van der Waals surface area contributed by atoms with Gasteiger partial charge in [-0.3, -0.25) is 0 Å². The molecule has 0 saturated heterocycles. The van der Waals surface area contributed by atoms with Gasteiger partial charge in [-0.2, -0.15) is 4.98 Å². The van der Waals surface area contributed by atoms with Crippen molar-refractivity contribution in [3.63, 3.8) is 0 Å². The van der Waals surface area contributed by atoms with Crippen molar-refractivity contribution in [3.05, 3.63) is 64.7 Å². The third-order valence-electron chi connectivity index (χ3n) is 4.37. The second-order valence-electron chi connectivity index (χ2n) is 6.83. The zero-order chi connectivity index (χ0) is 21.2. The summed E-state index contributed by atoms with van der Waals surface area (Å²) in [5, 5.41) is 11.2. The van der Waals surface area contributed by atoms with Crippen LogP contribution in [0.4, 0.5) is 0 Å². The molecular weight excluding hydrogens is 400 g/mol. The highest BCUT2D eigenvalue weighted by Gasteiger charge is 2.09. The summed E-state index contributed by atoms with van der Waals surface area (Å²) in [6.45, 7) is 6.22. The first-order chi connectivity index (χ1) is 14.7. The minimum absolute atomic E-state index is 0.506. The fraction of sp³-hybridized carbons (Fsp3) is 0.364. The molecule has 0 spiro atoms. The van der Waals surface area contributed by atoms with Crippen LogP contribution in [0.3, 0.4) is 0 Å². The third kappa shape index (κ3) is 6.56. The molecule has 30 heavy (non-hydrogen) atoms. The molecule has 3 aromatic rings. The van der Waals surface area contributed by atoms with Crippen LogP contribution in [0.15, 0.2) is 52.1 Å². The number of benzene rings is 1. The van der Waals surface area contributed by atoms with Gasteiger partial charge in [-0.05, 0) is 49.1 Å². The minimum atomic E-state index is 0.506. The third-order valence-corrected chi connectivity index (χ3v) is 4.60. The highest BCUT2D eigenvalue weighted by atomic mass is 35.5. The summed E-state index contributed by atoms with van der Waals surface area (Å²) in [4.78, 5) is 13.3. The molecule has 2 heterocycles. The first-order valence-corrected chi connectivity index (χ1v) is 10.6. The van der Waals surface area contributed by atoms with E-state index in [0.717, 1.165) is 60.8 Å².